The minimum atomic E-state index is -0.795. The van der Waals surface area contributed by atoms with Crippen LogP contribution in [-0.2, 0) is 28.6 Å². The van der Waals surface area contributed by atoms with Gasteiger partial charge in [-0.1, -0.05) is 258 Å². The Labute approximate surface area is 456 Å². The van der Waals surface area contributed by atoms with Gasteiger partial charge in [0.1, 0.15) is 13.2 Å². The van der Waals surface area contributed by atoms with Gasteiger partial charge in [-0.15, -0.1) is 0 Å². The molecule has 0 aliphatic rings. The van der Waals surface area contributed by atoms with Crippen LogP contribution in [0.3, 0.4) is 0 Å². The highest BCUT2D eigenvalue weighted by Crippen LogP contribution is 2.15. The van der Waals surface area contributed by atoms with Gasteiger partial charge in [-0.25, -0.2) is 0 Å². The van der Waals surface area contributed by atoms with Crippen LogP contribution in [0, 0.1) is 0 Å². The lowest BCUT2D eigenvalue weighted by Gasteiger charge is -2.18. The molecule has 0 aromatic heterocycles. The predicted molar refractivity (Wildman–Crippen MR) is 320 cm³/mol. The first kappa shape index (κ1) is 69.8. The van der Waals surface area contributed by atoms with Crippen molar-refractivity contribution in [3.05, 3.63) is 122 Å². The first-order chi connectivity index (χ1) is 36.5. The molecule has 0 N–H and O–H groups in total. The van der Waals surface area contributed by atoms with Gasteiger partial charge in [-0.05, 0) is 116 Å². The van der Waals surface area contributed by atoms with E-state index < -0.39 is 6.10 Å². The van der Waals surface area contributed by atoms with Crippen molar-refractivity contribution < 1.29 is 28.6 Å². The Morgan fingerprint density at radius 2 is 0.527 bits per heavy atom. The van der Waals surface area contributed by atoms with E-state index in [0.29, 0.717) is 19.3 Å². The van der Waals surface area contributed by atoms with Gasteiger partial charge >= 0.3 is 17.9 Å². The first-order valence-electron chi connectivity index (χ1n) is 30.5. The summed E-state index contributed by atoms with van der Waals surface area (Å²) >= 11 is 0. The van der Waals surface area contributed by atoms with Crippen LogP contribution in [0.15, 0.2) is 122 Å². The normalized spacial score (nSPS) is 13.0. The van der Waals surface area contributed by atoms with Crippen molar-refractivity contribution in [3.8, 4) is 0 Å². The molecule has 1 atom stereocenters. The van der Waals surface area contributed by atoms with E-state index in [-0.39, 0.29) is 31.1 Å². The molecule has 420 valence electrons. The molecule has 0 aromatic rings. The lowest BCUT2D eigenvalue weighted by molar-refractivity contribution is -0.167. The number of hydrogen-bond donors (Lipinski definition) is 0. The molecule has 0 aromatic carbocycles. The Balaban J connectivity index is 4.33. The summed E-state index contributed by atoms with van der Waals surface area (Å²) in [5.74, 6) is -0.934. The van der Waals surface area contributed by atoms with Gasteiger partial charge in [-0.3, -0.25) is 14.4 Å². The van der Waals surface area contributed by atoms with E-state index in [1.807, 2.05) is 0 Å². The van der Waals surface area contributed by atoms with Gasteiger partial charge in [0.2, 0.25) is 0 Å². The van der Waals surface area contributed by atoms with Crippen LogP contribution in [0.25, 0.3) is 0 Å². The molecule has 0 saturated heterocycles. The van der Waals surface area contributed by atoms with Crippen molar-refractivity contribution >= 4 is 17.9 Å². The Kier molecular flexibility index (Phi) is 57.9. The molecular formula is C68H112O6. The van der Waals surface area contributed by atoms with Crippen LogP contribution in [0.1, 0.15) is 271 Å². The predicted octanol–water partition coefficient (Wildman–Crippen LogP) is 20.8. The standard InChI is InChI=1S/C68H112O6/c1-4-7-10-13-16-19-22-25-26-27-28-29-30-31-32-33-34-35-36-37-38-39-40-41-42-44-46-49-52-55-58-61-67(70)73-64-65(63-72-66(69)60-57-54-51-48-45-24-21-18-15-12-9-6-3)74-68(71)62-59-56-53-50-47-43-23-20-17-14-11-8-5-2/h7,10,16,18-19,21,25-26,28-29,31-32,34-35,37-38,40-41,44,46,65H,4-6,8-9,11-15,17,20,22-24,27,30,33,36,39,42-43,45,47-64H2,1-3H3/b10-7-,19-16-,21-18-,26-25-,29-28-,32-31-,35-34-,38-37-,41-40-,46-44-. The van der Waals surface area contributed by atoms with Crippen LogP contribution in [0.5, 0.6) is 0 Å². The zero-order valence-corrected chi connectivity index (χ0v) is 48.1. The highest BCUT2D eigenvalue weighted by molar-refractivity contribution is 5.71. The van der Waals surface area contributed by atoms with E-state index in [1.165, 1.54) is 103 Å². The molecule has 0 heterocycles. The molecule has 1 unspecified atom stereocenters. The van der Waals surface area contributed by atoms with Crippen LogP contribution in [0.4, 0.5) is 0 Å². The fourth-order valence-corrected chi connectivity index (χ4v) is 8.13. The summed E-state index contributed by atoms with van der Waals surface area (Å²) in [5, 5.41) is 0. The molecular weight excluding hydrogens is 913 g/mol. The van der Waals surface area contributed by atoms with Gasteiger partial charge in [0.25, 0.3) is 0 Å². The highest BCUT2D eigenvalue weighted by atomic mass is 16.6. The van der Waals surface area contributed by atoms with Crippen LogP contribution in [-0.4, -0.2) is 37.2 Å². The largest absolute Gasteiger partial charge is 0.462 e. The SMILES string of the molecule is CC/C=C\C/C=C\C/C=C\C/C=C\C/C=C\C/C=C\C/C=C\C/C=C\C/C=C\CCCCCC(=O)OCC(COC(=O)CCCCCCC/C=C\CCCCC)OC(=O)CCCCCCCCCCCCCCC. The Bertz CT molecular complexity index is 1550. The van der Waals surface area contributed by atoms with Crippen molar-refractivity contribution in [2.75, 3.05) is 13.2 Å². The molecule has 0 fully saturated rings. The zero-order chi connectivity index (χ0) is 53.6. The van der Waals surface area contributed by atoms with Gasteiger partial charge in [0, 0.05) is 19.3 Å². The minimum absolute atomic E-state index is 0.0929. The third-order valence-electron chi connectivity index (χ3n) is 12.7. The molecule has 74 heavy (non-hydrogen) atoms. The smallest absolute Gasteiger partial charge is 0.306 e. The number of unbranched alkanes of at least 4 members (excludes halogenated alkanes) is 23. The monoisotopic (exact) mass is 1020 g/mol. The van der Waals surface area contributed by atoms with E-state index in [1.54, 1.807) is 0 Å². The zero-order valence-electron chi connectivity index (χ0n) is 48.1. The highest BCUT2D eigenvalue weighted by Gasteiger charge is 2.19. The van der Waals surface area contributed by atoms with E-state index in [2.05, 4.69) is 142 Å². The fourth-order valence-electron chi connectivity index (χ4n) is 8.13. The molecule has 0 radical (unpaired) electrons. The van der Waals surface area contributed by atoms with Crippen molar-refractivity contribution in [2.45, 2.75) is 277 Å². The number of carbonyl (C=O) groups is 3. The van der Waals surface area contributed by atoms with E-state index >= 15 is 0 Å². The second-order valence-corrected chi connectivity index (χ2v) is 19.9. The fraction of sp³-hybridized carbons (Fsp3) is 0.662. The number of ether oxygens (including phenoxy) is 3. The number of esters is 3. The maximum atomic E-state index is 12.8. The lowest BCUT2D eigenvalue weighted by atomic mass is 10.0. The molecule has 0 saturated carbocycles. The summed E-state index contributed by atoms with van der Waals surface area (Å²) in [6.45, 7) is 6.47. The Morgan fingerprint density at radius 3 is 0.878 bits per heavy atom. The summed E-state index contributed by atoms with van der Waals surface area (Å²) in [4.78, 5) is 38.1. The topological polar surface area (TPSA) is 78.9 Å². The minimum Gasteiger partial charge on any atom is -0.462 e. The molecule has 0 amide bonds. The van der Waals surface area contributed by atoms with Gasteiger partial charge in [-0.2, -0.15) is 0 Å². The van der Waals surface area contributed by atoms with Crippen molar-refractivity contribution in [1.29, 1.82) is 0 Å². The molecule has 0 spiro atoms. The van der Waals surface area contributed by atoms with Crippen LogP contribution < -0.4 is 0 Å². The van der Waals surface area contributed by atoms with Crippen molar-refractivity contribution in [2.24, 2.45) is 0 Å². The molecule has 0 rings (SSSR count). The number of hydrogen-bond acceptors (Lipinski definition) is 6. The van der Waals surface area contributed by atoms with Crippen molar-refractivity contribution in [3.63, 3.8) is 0 Å². The molecule has 0 bridgehead atoms. The second-order valence-electron chi connectivity index (χ2n) is 19.9. The summed E-state index contributed by atoms with van der Waals surface area (Å²) in [5.41, 5.74) is 0. The van der Waals surface area contributed by atoms with Crippen LogP contribution in [0.2, 0.25) is 0 Å². The average molecular weight is 1030 g/mol. The van der Waals surface area contributed by atoms with E-state index in [4.69, 9.17) is 14.2 Å². The van der Waals surface area contributed by atoms with Gasteiger partial charge < -0.3 is 14.2 Å². The molecule has 6 nitrogen and oxygen atoms in total. The van der Waals surface area contributed by atoms with Gasteiger partial charge in [0.05, 0.1) is 0 Å². The van der Waals surface area contributed by atoms with E-state index in [0.717, 1.165) is 128 Å². The number of allylic oxidation sites excluding steroid dienone is 20. The summed E-state index contributed by atoms with van der Waals surface area (Å²) < 4.78 is 16.8. The quantitative estimate of drug-likeness (QED) is 0.0261. The molecule has 6 heteroatoms. The summed E-state index contributed by atoms with van der Waals surface area (Å²) in [6, 6.07) is 0. The maximum Gasteiger partial charge on any atom is 0.306 e. The number of carbonyl (C=O) groups excluding carboxylic acids is 3. The third-order valence-corrected chi connectivity index (χ3v) is 12.7. The Hall–Kier alpha value is -4.19. The maximum absolute atomic E-state index is 12.8. The Morgan fingerprint density at radius 1 is 0.284 bits per heavy atom. The second kappa shape index (κ2) is 61.4. The van der Waals surface area contributed by atoms with Gasteiger partial charge in [0.15, 0.2) is 6.10 Å². The average Bonchev–Trinajstić information content (AvgIpc) is 3.40. The van der Waals surface area contributed by atoms with Crippen molar-refractivity contribution in [1.82, 2.24) is 0 Å². The summed E-state index contributed by atoms with van der Waals surface area (Å²) in [7, 11) is 0. The molecule has 0 aliphatic carbocycles. The third kappa shape index (κ3) is 58.7. The van der Waals surface area contributed by atoms with E-state index in [9.17, 15) is 14.4 Å². The molecule has 0 aliphatic heterocycles. The first-order valence-corrected chi connectivity index (χ1v) is 30.5. The summed E-state index contributed by atoms with van der Waals surface area (Å²) in [6.07, 6.45) is 84.9. The lowest BCUT2D eigenvalue weighted by Crippen LogP contribution is -2.30. The number of rotatable bonds is 54. The van der Waals surface area contributed by atoms with Crippen LogP contribution >= 0.6 is 0 Å².